The number of benzene rings is 1. The van der Waals surface area contributed by atoms with Crippen LogP contribution in [-0.4, -0.2) is 39.5 Å². The van der Waals surface area contributed by atoms with Crippen LogP contribution in [0.15, 0.2) is 29.2 Å². The van der Waals surface area contributed by atoms with Gasteiger partial charge in [-0.25, -0.2) is 8.42 Å². The van der Waals surface area contributed by atoms with Crippen LogP contribution in [0.2, 0.25) is 0 Å². The van der Waals surface area contributed by atoms with Gasteiger partial charge >= 0.3 is 0 Å². The molecule has 0 saturated carbocycles. The Balaban J connectivity index is 3.00. The molecule has 2 N–H and O–H groups in total. The smallest absolute Gasteiger partial charge is 0.243 e. The summed E-state index contributed by atoms with van der Waals surface area (Å²) in [4.78, 5) is 0.266. The second-order valence-electron chi connectivity index (χ2n) is 4.68. The molecule has 2 atom stereocenters. The Hall–Kier alpha value is -0.950. The van der Waals surface area contributed by atoms with Gasteiger partial charge in [-0.05, 0) is 31.5 Å². The molecule has 1 aromatic carbocycles. The summed E-state index contributed by atoms with van der Waals surface area (Å²) < 4.78 is 31.0. The van der Waals surface area contributed by atoms with Gasteiger partial charge in [0, 0.05) is 26.2 Å². The van der Waals surface area contributed by atoms with Crippen molar-refractivity contribution in [2.75, 3.05) is 20.8 Å². The van der Waals surface area contributed by atoms with Crippen LogP contribution in [0.4, 0.5) is 0 Å². The molecule has 0 fully saturated rings. The normalized spacial score (nSPS) is 15.5. The van der Waals surface area contributed by atoms with Gasteiger partial charge in [-0.15, -0.1) is 0 Å². The van der Waals surface area contributed by atoms with Gasteiger partial charge in [0.05, 0.1) is 11.5 Å². The summed E-state index contributed by atoms with van der Waals surface area (Å²) in [5.41, 5.74) is 6.65. The second-order valence-corrected chi connectivity index (χ2v) is 6.68. The summed E-state index contributed by atoms with van der Waals surface area (Å²) in [5, 5.41) is 0. The van der Waals surface area contributed by atoms with Crippen molar-refractivity contribution in [1.29, 1.82) is 0 Å². The van der Waals surface area contributed by atoms with Gasteiger partial charge in [0.25, 0.3) is 0 Å². The molecule has 5 nitrogen and oxygen atoms in total. The third-order valence-electron chi connectivity index (χ3n) is 3.11. The Labute approximate surface area is 115 Å². The number of sulfonamides is 1. The van der Waals surface area contributed by atoms with E-state index in [1.807, 2.05) is 6.92 Å². The zero-order valence-electron chi connectivity index (χ0n) is 11.8. The fourth-order valence-corrected chi connectivity index (χ4v) is 3.04. The van der Waals surface area contributed by atoms with E-state index in [-0.39, 0.29) is 17.0 Å². The number of likely N-dealkylation sites (N-methyl/N-ethyl adjacent to an activating group) is 1. The van der Waals surface area contributed by atoms with Crippen LogP contribution in [-0.2, 0) is 14.8 Å². The van der Waals surface area contributed by atoms with Crippen LogP contribution >= 0.6 is 0 Å². The molecule has 0 spiro atoms. The largest absolute Gasteiger partial charge is 0.383 e. The van der Waals surface area contributed by atoms with Crippen molar-refractivity contribution in [2.24, 2.45) is 5.73 Å². The van der Waals surface area contributed by atoms with Crippen LogP contribution in [0.5, 0.6) is 0 Å². The van der Waals surface area contributed by atoms with E-state index in [1.165, 1.54) is 4.31 Å². The van der Waals surface area contributed by atoms with Crippen LogP contribution in [0.25, 0.3) is 0 Å². The van der Waals surface area contributed by atoms with Crippen molar-refractivity contribution < 1.29 is 13.2 Å². The molecule has 0 saturated heterocycles. The number of nitrogens with zero attached hydrogens (tertiary/aromatic N) is 1. The average molecular weight is 286 g/mol. The first-order chi connectivity index (χ1) is 8.80. The lowest BCUT2D eigenvalue weighted by Crippen LogP contribution is -2.37. The molecular weight excluding hydrogens is 264 g/mol. The lowest BCUT2D eigenvalue weighted by Gasteiger charge is -2.23. The highest BCUT2D eigenvalue weighted by atomic mass is 32.2. The average Bonchev–Trinajstić information content (AvgIpc) is 2.38. The zero-order valence-corrected chi connectivity index (χ0v) is 12.6. The van der Waals surface area contributed by atoms with Gasteiger partial charge in [-0.2, -0.15) is 4.31 Å². The lowest BCUT2D eigenvalue weighted by atomic mass is 10.1. The molecule has 0 radical (unpaired) electrons. The molecule has 0 bridgehead atoms. The number of rotatable bonds is 6. The van der Waals surface area contributed by atoms with E-state index in [1.54, 1.807) is 45.3 Å². The summed E-state index contributed by atoms with van der Waals surface area (Å²) >= 11 is 0. The number of ether oxygens (including phenoxy) is 1. The van der Waals surface area contributed by atoms with Gasteiger partial charge in [0.15, 0.2) is 0 Å². The molecule has 0 amide bonds. The van der Waals surface area contributed by atoms with Crippen molar-refractivity contribution in [3.05, 3.63) is 29.8 Å². The number of hydrogen-bond acceptors (Lipinski definition) is 4. The summed E-state index contributed by atoms with van der Waals surface area (Å²) in [5.74, 6) is 0. The summed E-state index contributed by atoms with van der Waals surface area (Å²) in [6, 6.07) is 6.33. The monoisotopic (exact) mass is 286 g/mol. The Morgan fingerprint density at radius 2 is 1.79 bits per heavy atom. The van der Waals surface area contributed by atoms with Gasteiger partial charge in [0.1, 0.15) is 0 Å². The maximum atomic E-state index is 12.4. The number of methoxy groups -OCH3 is 1. The van der Waals surface area contributed by atoms with Gasteiger partial charge in [-0.1, -0.05) is 12.1 Å². The lowest BCUT2D eigenvalue weighted by molar-refractivity contribution is 0.149. The zero-order chi connectivity index (χ0) is 14.6. The highest BCUT2D eigenvalue weighted by Crippen LogP contribution is 2.19. The molecule has 1 aromatic rings. The van der Waals surface area contributed by atoms with Crippen LogP contribution in [0.3, 0.4) is 0 Å². The minimum Gasteiger partial charge on any atom is -0.383 e. The predicted molar refractivity (Wildman–Crippen MR) is 75.3 cm³/mol. The Kier molecular flexibility index (Phi) is 5.49. The van der Waals surface area contributed by atoms with Crippen LogP contribution in [0.1, 0.15) is 25.5 Å². The number of nitrogens with two attached hydrogens (primary N) is 1. The first-order valence-electron chi connectivity index (χ1n) is 6.13. The van der Waals surface area contributed by atoms with Crippen molar-refractivity contribution in [3.63, 3.8) is 0 Å². The molecule has 0 aliphatic carbocycles. The van der Waals surface area contributed by atoms with E-state index in [0.29, 0.717) is 6.61 Å². The minimum absolute atomic E-state index is 0.109. The number of hydrogen-bond donors (Lipinski definition) is 1. The first-order valence-corrected chi connectivity index (χ1v) is 7.57. The van der Waals surface area contributed by atoms with E-state index < -0.39 is 10.0 Å². The topological polar surface area (TPSA) is 72.6 Å². The molecular formula is C13H22N2O3S. The highest BCUT2D eigenvalue weighted by Gasteiger charge is 2.25. The molecule has 0 aromatic heterocycles. The Morgan fingerprint density at radius 3 is 2.21 bits per heavy atom. The Morgan fingerprint density at radius 1 is 1.26 bits per heavy atom. The first kappa shape index (κ1) is 16.1. The summed E-state index contributed by atoms with van der Waals surface area (Å²) in [7, 11) is -0.386. The molecule has 0 aliphatic rings. The van der Waals surface area contributed by atoms with E-state index in [0.717, 1.165) is 5.56 Å². The van der Waals surface area contributed by atoms with Gasteiger partial charge in [0.2, 0.25) is 10.0 Å². The molecule has 1 rings (SSSR count). The van der Waals surface area contributed by atoms with Crippen molar-refractivity contribution >= 4 is 10.0 Å². The molecule has 2 unspecified atom stereocenters. The van der Waals surface area contributed by atoms with E-state index >= 15 is 0 Å². The Bertz CT molecular complexity index is 497. The maximum Gasteiger partial charge on any atom is 0.243 e. The van der Waals surface area contributed by atoms with Gasteiger partial charge in [-0.3, -0.25) is 0 Å². The van der Waals surface area contributed by atoms with Crippen LogP contribution < -0.4 is 5.73 Å². The van der Waals surface area contributed by atoms with Crippen molar-refractivity contribution in [3.8, 4) is 0 Å². The van der Waals surface area contributed by atoms with Crippen molar-refractivity contribution in [2.45, 2.75) is 30.8 Å². The summed E-state index contributed by atoms with van der Waals surface area (Å²) in [6.07, 6.45) is 0. The van der Waals surface area contributed by atoms with E-state index in [9.17, 15) is 8.42 Å². The molecule has 0 aliphatic heterocycles. The molecule has 108 valence electrons. The van der Waals surface area contributed by atoms with Crippen molar-refractivity contribution in [1.82, 2.24) is 4.31 Å². The third-order valence-corrected chi connectivity index (χ3v) is 5.10. The quantitative estimate of drug-likeness (QED) is 0.857. The SMILES string of the molecule is COCC(C)N(C)S(=O)(=O)c1ccc(C(C)N)cc1. The van der Waals surface area contributed by atoms with Crippen LogP contribution in [0, 0.1) is 0 Å². The predicted octanol–water partition coefficient (Wildman–Crippen LogP) is 1.36. The van der Waals surface area contributed by atoms with Gasteiger partial charge < -0.3 is 10.5 Å². The third kappa shape index (κ3) is 3.76. The molecule has 19 heavy (non-hydrogen) atoms. The molecule has 0 heterocycles. The minimum atomic E-state index is -3.49. The van der Waals surface area contributed by atoms with E-state index in [4.69, 9.17) is 10.5 Å². The second kappa shape index (κ2) is 6.47. The van der Waals surface area contributed by atoms with E-state index in [2.05, 4.69) is 0 Å². The standard InChI is InChI=1S/C13H22N2O3S/c1-10(9-18-4)15(3)19(16,17)13-7-5-12(6-8-13)11(2)14/h5-8,10-11H,9,14H2,1-4H3. The summed E-state index contributed by atoms with van der Waals surface area (Å²) in [6.45, 7) is 4.02. The fourth-order valence-electron chi connectivity index (χ4n) is 1.69. The maximum absolute atomic E-state index is 12.4. The molecule has 6 heteroatoms. The fraction of sp³-hybridized carbons (Fsp3) is 0.538. The highest BCUT2D eigenvalue weighted by molar-refractivity contribution is 7.89.